The second kappa shape index (κ2) is 5.23. The first kappa shape index (κ1) is 13.1. The lowest BCUT2D eigenvalue weighted by molar-refractivity contribution is -0.122. The number of likely N-dealkylation sites (tertiary alicyclic amines) is 1. The van der Waals surface area contributed by atoms with Crippen LogP contribution < -0.4 is 5.32 Å². The number of carbonyl (C=O) groups excluding carboxylic acids is 2. The van der Waals surface area contributed by atoms with Crippen molar-refractivity contribution >= 4 is 11.8 Å². The average Bonchev–Trinajstić information content (AvgIpc) is 3.20. The van der Waals surface area contributed by atoms with Gasteiger partial charge in [0.05, 0.1) is 0 Å². The predicted molar refractivity (Wildman–Crippen MR) is 71.6 cm³/mol. The molecule has 1 unspecified atom stereocenters. The molecule has 1 heterocycles. The molecule has 1 saturated carbocycles. The van der Waals surface area contributed by atoms with Gasteiger partial charge in [-0.2, -0.15) is 0 Å². The van der Waals surface area contributed by atoms with Crippen molar-refractivity contribution in [2.75, 3.05) is 13.1 Å². The Morgan fingerprint density at radius 3 is 2.50 bits per heavy atom. The van der Waals surface area contributed by atoms with Crippen molar-refractivity contribution in [1.82, 2.24) is 10.2 Å². The van der Waals surface area contributed by atoms with E-state index in [4.69, 9.17) is 0 Å². The standard InChI is InChI=1S/C15H17FN2O2/c16-12-5-3-11(4-6-12)15(20)18-8-7-13(9-18)17-14(19)10-1-2-10/h3-6,10,13H,1-2,7-9H2,(H,17,19). The topological polar surface area (TPSA) is 49.4 Å². The van der Waals surface area contributed by atoms with E-state index >= 15 is 0 Å². The Kier molecular flexibility index (Phi) is 3.42. The van der Waals surface area contributed by atoms with Gasteiger partial charge in [-0.05, 0) is 43.5 Å². The fourth-order valence-corrected chi connectivity index (χ4v) is 2.50. The van der Waals surface area contributed by atoms with E-state index in [2.05, 4.69) is 5.32 Å². The summed E-state index contributed by atoms with van der Waals surface area (Å²) in [5.41, 5.74) is 0.487. The number of amides is 2. The number of rotatable bonds is 3. The Labute approximate surface area is 117 Å². The van der Waals surface area contributed by atoms with Crippen LogP contribution in [0.2, 0.25) is 0 Å². The van der Waals surface area contributed by atoms with Crippen LogP contribution >= 0.6 is 0 Å². The molecule has 2 fully saturated rings. The molecule has 2 aliphatic rings. The fraction of sp³-hybridized carbons (Fsp3) is 0.467. The smallest absolute Gasteiger partial charge is 0.253 e. The van der Waals surface area contributed by atoms with Crippen molar-refractivity contribution in [1.29, 1.82) is 0 Å². The molecule has 5 heteroatoms. The van der Waals surface area contributed by atoms with Gasteiger partial charge < -0.3 is 10.2 Å². The molecule has 1 atom stereocenters. The van der Waals surface area contributed by atoms with Gasteiger partial charge >= 0.3 is 0 Å². The third kappa shape index (κ3) is 2.81. The molecule has 1 saturated heterocycles. The van der Waals surface area contributed by atoms with Crippen LogP contribution in [0.25, 0.3) is 0 Å². The summed E-state index contributed by atoms with van der Waals surface area (Å²) < 4.78 is 12.8. The first-order valence-electron chi connectivity index (χ1n) is 6.99. The number of carbonyl (C=O) groups is 2. The minimum absolute atomic E-state index is 0.0486. The van der Waals surface area contributed by atoms with Crippen molar-refractivity contribution in [2.45, 2.75) is 25.3 Å². The molecule has 2 amide bonds. The van der Waals surface area contributed by atoms with Gasteiger partial charge in [0.2, 0.25) is 5.91 Å². The van der Waals surface area contributed by atoms with Crippen molar-refractivity contribution in [3.63, 3.8) is 0 Å². The van der Waals surface area contributed by atoms with Gasteiger partial charge in [-0.3, -0.25) is 9.59 Å². The third-order valence-corrected chi connectivity index (χ3v) is 3.86. The molecule has 106 valence electrons. The Bertz CT molecular complexity index is 525. The van der Waals surface area contributed by atoms with E-state index in [-0.39, 0.29) is 29.6 Å². The Balaban J connectivity index is 1.57. The van der Waals surface area contributed by atoms with Gasteiger partial charge in [0.25, 0.3) is 5.91 Å². The van der Waals surface area contributed by atoms with Crippen LogP contribution in [0.3, 0.4) is 0 Å². The van der Waals surface area contributed by atoms with Gasteiger partial charge in [0, 0.05) is 30.6 Å². The first-order chi connectivity index (χ1) is 9.63. The molecule has 3 rings (SSSR count). The molecule has 4 nitrogen and oxygen atoms in total. The van der Waals surface area contributed by atoms with Crippen LogP contribution in [0, 0.1) is 11.7 Å². The number of hydrogen-bond acceptors (Lipinski definition) is 2. The quantitative estimate of drug-likeness (QED) is 0.911. The molecular formula is C15H17FN2O2. The summed E-state index contributed by atoms with van der Waals surface area (Å²) in [5, 5.41) is 2.99. The van der Waals surface area contributed by atoms with Gasteiger partial charge in [0.1, 0.15) is 5.82 Å². The molecule has 0 radical (unpaired) electrons. The molecule has 0 spiro atoms. The van der Waals surface area contributed by atoms with E-state index in [1.165, 1.54) is 24.3 Å². The number of benzene rings is 1. The average molecular weight is 276 g/mol. The van der Waals surface area contributed by atoms with Gasteiger partial charge in [0.15, 0.2) is 0 Å². The summed E-state index contributed by atoms with van der Waals surface area (Å²) in [6, 6.07) is 5.61. The summed E-state index contributed by atoms with van der Waals surface area (Å²) in [6.07, 6.45) is 2.75. The van der Waals surface area contributed by atoms with Gasteiger partial charge in [-0.1, -0.05) is 0 Å². The number of hydrogen-bond donors (Lipinski definition) is 1. The maximum absolute atomic E-state index is 12.8. The summed E-state index contributed by atoms with van der Waals surface area (Å²) >= 11 is 0. The second-order valence-corrected chi connectivity index (χ2v) is 5.53. The van der Waals surface area contributed by atoms with E-state index in [0.29, 0.717) is 18.7 Å². The van der Waals surface area contributed by atoms with E-state index in [1.807, 2.05) is 0 Å². The lowest BCUT2D eigenvalue weighted by Gasteiger charge is -2.17. The molecular weight excluding hydrogens is 259 g/mol. The van der Waals surface area contributed by atoms with Crippen molar-refractivity contribution < 1.29 is 14.0 Å². The Hall–Kier alpha value is -1.91. The van der Waals surface area contributed by atoms with Crippen LogP contribution in [0.4, 0.5) is 4.39 Å². The zero-order valence-electron chi connectivity index (χ0n) is 11.1. The van der Waals surface area contributed by atoms with E-state index in [1.54, 1.807) is 4.90 Å². The summed E-state index contributed by atoms with van der Waals surface area (Å²) in [5.74, 6) is -0.145. The minimum Gasteiger partial charge on any atom is -0.351 e. The highest BCUT2D eigenvalue weighted by Crippen LogP contribution is 2.29. The zero-order chi connectivity index (χ0) is 14.1. The van der Waals surface area contributed by atoms with Gasteiger partial charge in [-0.25, -0.2) is 4.39 Å². The predicted octanol–water partition coefficient (Wildman–Crippen LogP) is 1.57. The van der Waals surface area contributed by atoms with Crippen LogP contribution in [0.15, 0.2) is 24.3 Å². The molecule has 0 aromatic heterocycles. The van der Waals surface area contributed by atoms with Crippen LogP contribution in [-0.4, -0.2) is 35.8 Å². The van der Waals surface area contributed by atoms with Crippen molar-refractivity contribution in [3.8, 4) is 0 Å². The number of nitrogens with one attached hydrogen (secondary N) is 1. The van der Waals surface area contributed by atoms with E-state index < -0.39 is 0 Å². The maximum Gasteiger partial charge on any atom is 0.253 e. The van der Waals surface area contributed by atoms with Crippen molar-refractivity contribution in [2.24, 2.45) is 5.92 Å². The molecule has 1 aromatic carbocycles. The van der Waals surface area contributed by atoms with E-state index in [9.17, 15) is 14.0 Å². The second-order valence-electron chi connectivity index (χ2n) is 5.53. The van der Waals surface area contributed by atoms with E-state index in [0.717, 1.165) is 19.3 Å². The van der Waals surface area contributed by atoms with Crippen molar-refractivity contribution in [3.05, 3.63) is 35.6 Å². The molecule has 20 heavy (non-hydrogen) atoms. The third-order valence-electron chi connectivity index (χ3n) is 3.86. The SMILES string of the molecule is O=C(NC1CCN(C(=O)c2ccc(F)cc2)C1)C1CC1. The highest BCUT2D eigenvalue weighted by atomic mass is 19.1. The fourth-order valence-electron chi connectivity index (χ4n) is 2.50. The monoisotopic (exact) mass is 276 g/mol. The summed E-state index contributed by atoms with van der Waals surface area (Å²) in [4.78, 5) is 25.6. The van der Waals surface area contributed by atoms with Crippen LogP contribution in [0.5, 0.6) is 0 Å². The molecule has 0 bridgehead atoms. The minimum atomic E-state index is -0.349. The molecule has 1 aliphatic heterocycles. The Morgan fingerprint density at radius 2 is 1.85 bits per heavy atom. The Morgan fingerprint density at radius 1 is 1.15 bits per heavy atom. The maximum atomic E-state index is 12.8. The summed E-state index contributed by atoms with van der Waals surface area (Å²) in [7, 11) is 0. The lowest BCUT2D eigenvalue weighted by Crippen LogP contribution is -2.39. The highest BCUT2D eigenvalue weighted by molar-refractivity contribution is 5.94. The first-order valence-corrected chi connectivity index (χ1v) is 6.99. The highest BCUT2D eigenvalue weighted by Gasteiger charge is 2.33. The molecule has 1 aliphatic carbocycles. The number of halogens is 1. The number of nitrogens with zero attached hydrogens (tertiary/aromatic N) is 1. The van der Waals surface area contributed by atoms with Crippen LogP contribution in [0.1, 0.15) is 29.6 Å². The zero-order valence-corrected chi connectivity index (χ0v) is 11.1. The van der Waals surface area contributed by atoms with Crippen LogP contribution in [-0.2, 0) is 4.79 Å². The summed E-state index contributed by atoms with van der Waals surface area (Å²) in [6.45, 7) is 1.17. The molecule has 1 N–H and O–H groups in total. The largest absolute Gasteiger partial charge is 0.351 e. The van der Waals surface area contributed by atoms with Gasteiger partial charge in [-0.15, -0.1) is 0 Å². The lowest BCUT2D eigenvalue weighted by atomic mass is 10.2. The normalized spacial score (nSPS) is 21.9. The molecule has 1 aromatic rings.